The van der Waals surface area contributed by atoms with Gasteiger partial charge in [-0.1, -0.05) is 16.8 Å². The SMILES string of the molecule is N/C(=N\O)[C@H]1CCCc2c1[nH]c1ccc(Cl)cc21. The zero-order chi connectivity index (χ0) is 12.7. The Balaban J connectivity index is 2.21. The van der Waals surface area contributed by atoms with Crippen molar-refractivity contribution in [1.82, 2.24) is 4.98 Å². The van der Waals surface area contributed by atoms with Crippen molar-refractivity contribution in [3.05, 3.63) is 34.5 Å². The third-order valence-electron chi connectivity index (χ3n) is 3.64. The number of oxime groups is 1. The molecule has 0 amide bonds. The van der Waals surface area contributed by atoms with Crippen molar-refractivity contribution in [3.63, 3.8) is 0 Å². The van der Waals surface area contributed by atoms with Gasteiger partial charge in [-0.15, -0.1) is 0 Å². The van der Waals surface area contributed by atoms with Gasteiger partial charge in [-0.25, -0.2) is 0 Å². The van der Waals surface area contributed by atoms with Crippen molar-refractivity contribution in [1.29, 1.82) is 0 Å². The molecule has 18 heavy (non-hydrogen) atoms. The predicted octanol–water partition coefficient (Wildman–Crippen LogP) is 2.99. The van der Waals surface area contributed by atoms with Gasteiger partial charge < -0.3 is 15.9 Å². The van der Waals surface area contributed by atoms with E-state index in [-0.39, 0.29) is 11.8 Å². The molecule has 0 saturated carbocycles. The first-order valence-electron chi connectivity index (χ1n) is 5.98. The highest BCUT2D eigenvalue weighted by Crippen LogP contribution is 2.36. The molecule has 5 heteroatoms. The standard InChI is InChI=1S/C13H14ClN3O/c14-7-4-5-11-10(6-7)8-2-1-3-9(12(8)16-11)13(15)17-18/h4-6,9,16,18H,1-3H2,(H2,15,17)/t9-/m0/s1. The molecule has 1 aliphatic rings. The number of benzene rings is 1. The first kappa shape index (κ1) is 11.4. The largest absolute Gasteiger partial charge is 0.409 e. The fourth-order valence-corrected chi connectivity index (χ4v) is 2.97. The molecular formula is C13H14ClN3O. The molecule has 94 valence electrons. The number of hydrogen-bond donors (Lipinski definition) is 3. The highest BCUT2D eigenvalue weighted by atomic mass is 35.5. The van der Waals surface area contributed by atoms with Crippen LogP contribution in [0.2, 0.25) is 5.02 Å². The van der Waals surface area contributed by atoms with Crippen LogP contribution in [0.15, 0.2) is 23.4 Å². The van der Waals surface area contributed by atoms with Gasteiger partial charge in [0.1, 0.15) is 5.84 Å². The quantitative estimate of drug-likeness (QED) is 0.320. The average molecular weight is 264 g/mol. The van der Waals surface area contributed by atoms with E-state index in [0.717, 1.165) is 40.9 Å². The summed E-state index contributed by atoms with van der Waals surface area (Å²) in [4.78, 5) is 3.38. The van der Waals surface area contributed by atoms with Crippen LogP contribution in [0.3, 0.4) is 0 Å². The van der Waals surface area contributed by atoms with Crippen molar-refractivity contribution in [2.45, 2.75) is 25.2 Å². The molecule has 1 aromatic carbocycles. The molecule has 0 bridgehead atoms. The zero-order valence-electron chi connectivity index (χ0n) is 9.78. The molecule has 0 saturated heterocycles. The summed E-state index contributed by atoms with van der Waals surface area (Å²) < 4.78 is 0. The molecule has 0 unspecified atom stereocenters. The van der Waals surface area contributed by atoms with E-state index in [9.17, 15) is 0 Å². The highest BCUT2D eigenvalue weighted by molar-refractivity contribution is 6.31. The van der Waals surface area contributed by atoms with Crippen molar-refractivity contribution in [2.24, 2.45) is 10.9 Å². The maximum absolute atomic E-state index is 8.86. The van der Waals surface area contributed by atoms with Gasteiger partial charge in [0.05, 0.1) is 5.92 Å². The minimum absolute atomic E-state index is 0.0232. The van der Waals surface area contributed by atoms with Crippen LogP contribution in [0.5, 0.6) is 0 Å². The summed E-state index contributed by atoms with van der Waals surface area (Å²) in [7, 11) is 0. The number of nitrogens with zero attached hydrogens (tertiary/aromatic N) is 1. The summed E-state index contributed by atoms with van der Waals surface area (Å²) in [5.74, 6) is 0.249. The molecule has 0 aliphatic heterocycles. The van der Waals surface area contributed by atoms with E-state index in [2.05, 4.69) is 10.1 Å². The van der Waals surface area contributed by atoms with E-state index >= 15 is 0 Å². The van der Waals surface area contributed by atoms with Crippen LogP contribution in [0.1, 0.15) is 30.0 Å². The van der Waals surface area contributed by atoms with Crippen molar-refractivity contribution in [3.8, 4) is 0 Å². The Labute approximate surface area is 109 Å². The lowest BCUT2D eigenvalue weighted by Crippen LogP contribution is -2.25. The van der Waals surface area contributed by atoms with Gasteiger partial charge in [-0.3, -0.25) is 0 Å². The van der Waals surface area contributed by atoms with Crippen molar-refractivity contribution >= 4 is 28.3 Å². The lowest BCUT2D eigenvalue weighted by molar-refractivity contribution is 0.315. The van der Waals surface area contributed by atoms with E-state index in [1.165, 1.54) is 5.56 Å². The Bertz CT molecular complexity index is 632. The minimum Gasteiger partial charge on any atom is -0.409 e. The van der Waals surface area contributed by atoms with Crippen LogP contribution in [-0.4, -0.2) is 16.0 Å². The monoisotopic (exact) mass is 263 g/mol. The van der Waals surface area contributed by atoms with Gasteiger partial charge in [-0.2, -0.15) is 0 Å². The molecule has 0 radical (unpaired) electrons. The maximum Gasteiger partial charge on any atom is 0.148 e. The number of amidine groups is 1. The second kappa shape index (κ2) is 4.21. The molecule has 2 aromatic rings. The number of aryl methyl sites for hydroxylation is 1. The van der Waals surface area contributed by atoms with Gasteiger partial charge in [0, 0.05) is 21.6 Å². The topological polar surface area (TPSA) is 74.4 Å². The van der Waals surface area contributed by atoms with E-state index in [1.807, 2.05) is 18.2 Å². The number of H-pyrrole nitrogens is 1. The smallest absolute Gasteiger partial charge is 0.148 e. The second-order valence-corrected chi connectivity index (χ2v) is 5.11. The van der Waals surface area contributed by atoms with Crippen molar-refractivity contribution < 1.29 is 5.21 Å². The molecule has 1 atom stereocenters. The third-order valence-corrected chi connectivity index (χ3v) is 3.88. The summed E-state index contributed by atoms with van der Waals surface area (Å²) in [6, 6.07) is 5.81. The lowest BCUT2D eigenvalue weighted by atomic mass is 9.86. The van der Waals surface area contributed by atoms with Crippen LogP contribution < -0.4 is 5.73 Å². The summed E-state index contributed by atoms with van der Waals surface area (Å²) in [5, 5.41) is 13.9. The van der Waals surface area contributed by atoms with E-state index < -0.39 is 0 Å². The van der Waals surface area contributed by atoms with E-state index in [0.29, 0.717) is 0 Å². The molecule has 1 heterocycles. The Morgan fingerprint density at radius 2 is 2.33 bits per heavy atom. The molecular weight excluding hydrogens is 250 g/mol. The maximum atomic E-state index is 8.86. The number of hydrogen-bond acceptors (Lipinski definition) is 2. The van der Waals surface area contributed by atoms with Gasteiger partial charge >= 0.3 is 0 Å². The molecule has 0 spiro atoms. The van der Waals surface area contributed by atoms with E-state index in [4.69, 9.17) is 22.5 Å². The first-order valence-corrected chi connectivity index (χ1v) is 6.36. The zero-order valence-corrected chi connectivity index (χ0v) is 10.5. The normalized spacial score (nSPS) is 20.1. The number of rotatable bonds is 1. The number of aromatic nitrogens is 1. The van der Waals surface area contributed by atoms with Crippen LogP contribution >= 0.6 is 11.6 Å². The fraction of sp³-hybridized carbons (Fsp3) is 0.308. The molecule has 0 fully saturated rings. The Hall–Kier alpha value is -1.68. The van der Waals surface area contributed by atoms with Gasteiger partial charge in [0.15, 0.2) is 0 Å². The van der Waals surface area contributed by atoms with Crippen LogP contribution in [0.25, 0.3) is 10.9 Å². The Kier molecular flexibility index (Phi) is 2.67. The minimum atomic E-state index is -0.0232. The van der Waals surface area contributed by atoms with Gasteiger partial charge in [-0.05, 0) is 43.0 Å². The molecule has 1 aliphatic carbocycles. The highest BCUT2D eigenvalue weighted by Gasteiger charge is 2.27. The molecule has 4 nitrogen and oxygen atoms in total. The van der Waals surface area contributed by atoms with Gasteiger partial charge in [0.25, 0.3) is 0 Å². The van der Waals surface area contributed by atoms with Crippen LogP contribution in [-0.2, 0) is 6.42 Å². The fourth-order valence-electron chi connectivity index (χ4n) is 2.80. The number of nitrogens with two attached hydrogens (primary N) is 1. The van der Waals surface area contributed by atoms with Crippen LogP contribution in [0, 0.1) is 0 Å². The number of halogens is 1. The number of aromatic amines is 1. The summed E-state index contributed by atoms with van der Waals surface area (Å²) >= 11 is 6.04. The molecule has 1 aromatic heterocycles. The Morgan fingerprint density at radius 3 is 3.11 bits per heavy atom. The van der Waals surface area contributed by atoms with Crippen LogP contribution in [0.4, 0.5) is 0 Å². The second-order valence-electron chi connectivity index (χ2n) is 4.68. The summed E-state index contributed by atoms with van der Waals surface area (Å²) in [6.07, 6.45) is 2.95. The summed E-state index contributed by atoms with van der Waals surface area (Å²) in [5.41, 5.74) is 9.14. The molecule has 3 rings (SSSR count). The summed E-state index contributed by atoms with van der Waals surface area (Å²) in [6.45, 7) is 0. The third kappa shape index (κ3) is 1.64. The Morgan fingerprint density at radius 1 is 1.50 bits per heavy atom. The lowest BCUT2D eigenvalue weighted by Gasteiger charge is -2.21. The van der Waals surface area contributed by atoms with E-state index in [1.54, 1.807) is 0 Å². The van der Waals surface area contributed by atoms with Gasteiger partial charge in [0.2, 0.25) is 0 Å². The number of fused-ring (bicyclic) bond motifs is 3. The number of nitrogens with one attached hydrogen (secondary N) is 1. The average Bonchev–Trinajstić information content (AvgIpc) is 2.75. The first-order chi connectivity index (χ1) is 8.70. The van der Waals surface area contributed by atoms with Crippen molar-refractivity contribution in [2.75, 3.05) is 0 Å². The molecule has 4 N–H and O–H groups in total. The predicted molar refractivity (Wildman–Crippen MR) is 72.4 cm³/mol.